The van der Waals surface area contributed by atoms with Gasteiger partial charge in [-0.3, -0.25) is 0 Å². The van der Waals surface area contributed by atoms with E-state index in [9.17, 15) is 4.79 Å². The molecule has 0 aliphatic carbocycles. The first kappa shape index (κ1) is 9.71. The lowest BCUT2D eigenvalue weighted by molar-refractivity contribution is 0.107. The van der Waals surface area contributed by atoms with Crippen LogP contribution in [0.3, 0.4) is 0 Å². The van der Waals surface area contributed by atoms with E-state index in [1.165, 1.54) is 0 Å². The number of carbonyl (C=O) groups is 1. The Morgan fingerprint density at radius 3 is 2.42 bits per heavy atom. The molecule has 1 amide bonds. The van der Waals surface area contributed by atoms with Crippen molar-refractivity contribution in [2.24, 2.45) is 0 Å². The molecule has 0 saturated carbocycles. The number of alkyl carbamates (subject to hydrolysis) is 1. The number of amides is 1. The SMILES string of the molecule is CC(C)(C)NC(=O)OC1CSC1. The number of thioether (sulfide) groups is 1. The second kappa shape index (κ2) is 3.56. The molecule has 0 atom stereocenters. The number of rotatable bonds is 1. The summed E-state index contributed by atoms with van der Waals surface area (Å²) in [4.78, 5) is 11.1. The minimum absolute atomic E-state index is 0.136. The molecule has 0 spiro atoms. The Morgan fingerprint density at radius 2 is 2.08 bits per heavy atom. The van der Waals surface area contributed by atoms with E-state index in [1.54, 1.807) is 11.8 Å². The van der Waals surface area contributed by atoms with E-state index >= 15 is 0 Å². The van der Waals surface area contributed by atoms with E-state index < -0.39 is 0 Å². The molecule has 0 radical (unpaired) electrons. The second-order valence-corrected chi connectivity index (χ2v) is 5.01. The predicted molar refractivity (Wildman–Crippen MR) is 50.5 cm³/mol. The minimum atomic E-state index is -0.298. The predicted octanol–water partition coefficient (Wildman–Crippen LogP) is 1.63. The van der Waals surface area contributed by atoms with E-state index in [-0.39, 0.29) is 17.7 Å². The van der Waals surface area contributed by atoms with Crippen LogP contribution >= 0.6 is 11.8 Å². The lowest BCUT2D eigenvalue weighted by Gasteiger charge is -2.27. The summed E-state index contributed by atoms with van der Waals surface area (Å²) >= 11 is 1.80. The van der Waals surface area contributed by atoms with Crippen molar-refractivity contribution in [1.82, 2.24) is 5.32 Å². The van der Waals surface area contributed by atoms with Crippen LogP contribution < -0.4 is 5.32 Å². The van der Waals surface area contributed by atoms with Gasteiger partial charge in [-0.25, -0.2) is 4.79 Å². The Hall–Kier alpha value is -0.380. The zero-order valence-electron chi connectivity index (χ0n) is 7.72. The minimum Gasteiger partial charge on any atom is -0.444 e. The molecule has 0 aromatic rings. The van der Waals surface area contributed by atoms with Gasteiger partial charge in [0.15, 0.2) is 0 Å². The highest BCUT2D eigenvalue weighted by molar-refractivity contribution is 8.00. The standard InChI is InChI=1S/C8H15NO2S/c1-8(2,3)9-7(10)11-6-4-12-5-6/h6H,4-5H2,1-3H3,(H,9,10). The molecule has 12 heavy (non-hydrogen) atoms. The van der Waals surface area contributed by atoms with Crippen molar-refractivity contribution in [3.63, 3.8) is 0 Å². The van der Waals surface area contributed by atoms with Gasteiger partial charge in [0.1, 0.15) is 6.10 Å². The topological polar surface area (TPSA) is 38.3 Å². The smallest absolute Gasteiger partial charge is 0.407 e. The summed E-state index contributed by atoms with van der Waals surface area (Å²) < 4.78 is 5.09. The number of hydrogen-bond acceptors (Lipinski definition) is 3. The quantitative estimate of drug-likeness (QED) is 0.681. The van der Waals surface area contributed by atoms with Crippen molar-refractivity contribution in [3.05, 3.63) is 0 Å². The summed E-state index contributed by atoms with van der Waals surface area (Å²) in [5.41, 5.74) is -0.200. The fraction of sp³-hybridized carbons (Fsp3) is 0.875. The van der Waals surface area contributed by atoms with E-state index in [0.29, 0.717) is 0 Å². The van der Waals surface area contributed by atoms with Crippen LogP contribution in [-0.2, 0) is 4.74 Å². The molecule has 1 rings (SSSR count). The van der Waals surface area contributed by atoms with Gasteiger partial charge in [-0.05, 0) is 20.8 Å². The zero-order chi connectivity index (χ0) is 9.19. The Kier molecular flexibility index (Phi) is 2.88. The van der Waals surface area contributed by atoms with E-state index in [4.69, 9.17) is 4.74 Å². The molecule has 0 aromatic heterocycles. The number of nitrogens with one attached hydrogen (secondary N) is 1. The van der Waals surface area contributed by atoms with Crippen LogP contribution in [-0.4, -0.2) is 29.2 Å². The molecule has 0 unspecified atom stereocenters. The van der Waals surface area contributed by atoms with Crippen molar-refractivity contribution >= 4 is 17.9 Å². The summed E-state index contributed by atoms with van der Waals surface area (Å²) in [7, 11) is 0. The molecular formula is C8H15NO2S. The van der Waals surface area contributed by atoms with Crippen LogP contribution in [0.5, 0.6) is 0 Å². The third-order valence-corrected chi connectivity index (χ3v) is 2.57. The Bertz CT molecular complexity index is 172. The molecule has 1 heterocycles. The summed E-state index contributed by atoms with van der Waals surface area (Å²) in [5.74, 6) is 1.88. The molecular weight excluding hydrogens is 174 g/mol. The van der Waals surface area contributed by atoms with Gasteiger partial charge in [-0.15, -0.1) is 0 Å². The Labute approximate surface area is 77.2 Å². The lowest BCUT2D eigenvalue weighted by Crippen LogP contribution is -2.44. The van der Waals surface area contributed by atoms with Crippen LogP contribution in [0, 0.1) is 0 Å². The van der Waals surface area contributed by atoms with Gasteiger partial charge in [-0.2, -0.15) is 11.8 Å². The van der Waals surface area contributed by atoms with Crippen LogP contribution in [0.25, 0.3) is 0 Å². The maximum atomic E-state index is 11.1. The number of carbonyl (C=O) groups excluding carboxylic acids is 1. The number of hydrogen-bond donors (Lipinski definition) is 1. The molecule has 3 nitrogen and oxygen atoms in total. The highest BCUT2D eigenvalue weighted by Crippen LogP contribution is 2.20. The van der Waals surface area contributed by atoms with Gasteiger partial charge in [-0.1, -0.05) is 0 Å². The summed E-state index contributed by atoms with van der Waals surface area (Å²) in [5, 5.41) is 2.75. The molecule has 4 heteroatoms. The first-order chi connectivity index (χ1) is 5.47. The normalized spacial score (nSPS) is 18.2. The highest BCUT2D eigenvalue weighted by atomic mass is 32.2. The van der Waals surface area contributed by atoms with Crippen molar-refractivity contribution < 1.29 is 9.53 Å². The first-order valence-electron chi connectivity index (χ1n) is 4.04. The average Bonchev–Trinajstić information content (AvgIpc) is 1.74. The molecule has 0 bridgehead atoms. The van der Waals surface area contributed by atoms with Crippen LogP contribution in [0.15, 0.2) is 0 Å². The van der Waals surface area contributed by atoms with E-state index in [2.05, 4.69) is 5.32 Å². The van der Waals surface area contributed by atoms with Gasteiger partial charge in [0, 0.05) is 17.0 Å². The third kappa shape index (κ3) is 3.34. The third-order valence-electron chi connectivity index (χ3n) is 1.36. The molecule has 1 N–H and O–H groups in total. The molecule has 0 aromatic carbocycles. The van der Waals surface area contributed by atoms with Gasteiger partial charge in [0.2, 0.25) is 0 Å². The number of ether oxygens (including phenoxy) is 1. The van der Waals surface area contributed by atoms with Crippen molar-refractivity contribution in [2.45, 2.75) is 32.4 Å². The summed E-state index contributed by atoms with van der Waals surface area (Å²) in [6, 6.07) is 0. The lowest BCUT2D eigenvalue weighted by atomic mass is 10.1. The molecule has 1 saturated heterocycles. The van der Waals surface area contributed by atoms with E-state index in [1.807, 2.05) is 20.8 Å². The Morgan fingerprint density at radius 1 is 1.50 bits per heavy atom. The van der Waals surface area contributed by atoms with Crippen LogP contribution in [0.2, 0.25) is 0 Å². The zero-order valence-corrected chi connectivity index (χ0v) is 8.53. The largest absolute Gasteiger partial charge is 0.444 e. The van der Waals surface area contributed by atoms with Crippen molar-refractivity contribution in [3.8, 4) is 0 Å². The van der Waals surface area contributed by atoms with Gasteiger partial charge in [0.05, 0.1) is 0 Å². The van der Waals surface area contributed by atoms with Crippen molar-refractivity contribution in [1.29, 1.82) is 0 Å². The van der Waals surface area contributed by atoms with Gasteiger partial charge < -0.3 is 10.1 Å². The second-order valence-electron chi connectivity index (χ2n) is 3.94. The van der Waals surface area contributed by atoms with Crippen LogP contribution in [0.4, 0.5) is 4.79 Å². The van der Waals surface area contributed by atoms with Gasteiger partial charge in [0.25, 0.3) is 0 Å². The van der Waals surface area contributed by atoms with E-state index in [0.717, 1.165) is 11.5 Å². The summed E-state index contributed by atoms with van der Waals surface area (Å²) in [6.45, 7) is 5.80. The molecule has 1 aliphatic heterocycles. The van der Waals surface area contributed by atoms with Gasteiger partial charge >= 0.3 is 6.09 Å². The first-order valence-corrected chi connectivity index (χ1v) is 5.19. The maximum absolute atomic E-state index is 11.1. The monoisotopic (exact) mass is 189 g/mol. The summed E-state index contributed by atoms with van der Waals surface area (Å²) in [6.07, 6.45) is -0.162. The molecule has 70 valence electrons. The average molecular weight is 189 g/mol. The molecule has 1 fully saturated rings. The molecule has 1 aliphatic rings. The fourth-order valence-corrected chi connectivity index (χ4v) is 1.33. The Balaban J connectivity index is 2.19. The highest BCUT2D eigenvalue weighted by Gasteiger charge is 2.24. The maximum Gasteiger partial charge on any atom is 0.407 e. The van der Waals surface area contributed by atoms with Crippen LogP contribution in [0.1, 0.15) is 20.8 Å². The fourth-order valence-electron chi connectivity index (χ4n) is 0.769. The van der Waals surface area contributed by atoms with Crippen molar-refractivity contribution in [2.75, 3.05) is 11.5 Å².